The van der Waals surface area contributed by atoms with Gasteiger partial charge in [-0.05, 0) is 5.56 Å². The first-order chi connectivity index (χ1) is 10.2. The van der Waals surface area contributed by atoms with Gasteiger partial charge >= 0.3 is 6.01 Å². The van der Waals surface area contributed by atoms with Gasteiger partial charge in [0.1, 0.15) is 0 Å². The van der Waals surface area contributed by atoms with Gasteiger partial charge in [-0.3, -0.25) is 4.90 Å². The standard InChI is InChI=1S/C15H20N4O2/c1-12-16-17-15(21-12)19-9-7-18(8-10-19)11-14(20)13-5-3-2-4-6-13/h2-6,14,20H,7-11H2,1H3. The second-order valence-electron chi connectivity index (χ2n) is 5.32. The van der Waals surface area contributed by atoms with Gasteiger partial charge in [0.05, 0.1) is 6.10 Å². The number of hydrogen-bond acceptors (Lipinski definition) is 6. The summed E-state index contributed by atoms with van der Waals surface area (Å²) in [6.07, 6.45) is -0.441. The van der Waals surface area contributed by atoms with Gasteiger partial charge in [-0.2, -0.15) is 0 Å². The molecule has 1 aliphatic rings. The van der Waals surface area contributed by atoms with Crippen molar-refractivity contribution in [1.82, 2.24) is 15.1 Å². The molecule has 0 saturated carbocycles. The molecule has 1 N–H and O–H groups in total. The molecule has 0 spiro atoms. The zero-order valence-corrected chi connectivity index (χ0v) is 12.1. The van der Waals surface area contributed by atoms with Crippen molar-refractivity contribution >= 4 is 6.01 Å². The molecule has 0 aliphatic carbocycles. The molecule has 112 valence electrons. The van der Waals surface area contributed by atoms with Crippen LogP contribution in [0.4, 0.5) is 6.01 Å². The monoisotopic (exact) mass is 288 g/mol. The van der Waals surface area contributed by atoms with Crippen LogP contribution in [0.15, 0.2) is 34.7 Å². The number of β-amino-alcohol motifs (C(OH)–C–C–N with tert-alkyl or cyclic N) is 1. The SMILES string of the molecule is Cc1nnc(N2CCN(CC(O)c3ccccc3)CC2)o1. The van der Waals surface area contributed by atoms with Crippen molar-refractivity contribution in [3.63, 3.8) is 0 Å². The van der Waals surface area contributed by atoms with Crippen LogP contribution in [0.2, 0.25) is 0 Å². The summed E-state index contributed by atoms with van der Waals surface area (Å²) >= 11 is 0. The Bertz CT molecular complexity index is 564. The molecule has 1 unspecified atom stereocenters. The fourth-order valence-corrected chi connectivity index (χ4v) is 2.56. The second kappa shape index (κ2) is 6.24. The molecular formula is C15H20N4O2. The number of benzene rings is 1. The minimum absolute atomic E-state index is 0.441. The zero-order valence-electron chi connectivity index (χ0n) is 12.1. The lowest BCUT2D eigenvalue weighted by Gasteiger charge is -2.34. The number of rotatable bonds is 4. The van der Waals surface area contributed by atoms with E-state index in [2.05, 4.69) is 20.0 Å². The Hall–Kier alpha value is -1.92. The van der Waals surface area contributed by atoms with Crippen LogP contribution in [0.3, 0.4) is 0 Å². The van der Waals surface area contributed by atoms with Crippen LogP contribution in [0.1, 0.15) is 17.6 Å². The van der Waals surface area contributed by atoms with Crippen LogP contribution in [0.5, 0.6) is 0 Å². The van der Waals surface area contributed by atoms with E-state index in [1.165, 1.54) is 0 Å². The van der Waals surface area contributed by atoms with Crippen LogP contribution in [0, 0.1) is 6.92 Å². The Kier molecular flexibility index (Phi) is 4.17. The van der Waals surface area contributed by atoms with E-state index >= 15 is 0 Å². The molecule has 1 atom stereocenters. The first-order valence-corrected chi connectivity index (χ1v) is 7.23. The summed E-state index contributed by atoms with van der Waals surface area (Å²) in [6.45, 7) is 5.88. The quantitative estimate of drug-likeness (QED) is 0.913. The van der Waals surface area contributed by atoms with Gasteiger partial charge in [0.25, 0.3) is 0 Å². The molecule has 1 aromatic carbocycles. The Morgan fingerprint density at radius 3 is 2.48 bits per heavy atom. The number of nitrogens with zero attached hydrogens (tertiary/aromatic N) is 4. The van der Waals surface area contributed by atoms with Crippen molar-refractivity contribution in [2.75, 3.05) is 37.6 Å². The first-order valence-electron chi connectivity index (χ1n) is 7.23. The fourth-order valence-electron chi connectivity index (χ4n) is 2.56. The molecule has 0 radical (unpaired) electrons. The third-order valence-electron chi connectivity index (χ3n) is 3.77. The summed E-state index contributed by atoms with van der Waals surface area (Å²) in [7, 11) is 0. The predicted octanol–water partition coefficient (Wildman–Crippen LogP) is 1.23. The van der Waals surface area contributed by atoms with Gasteiger partial charge < -0.3 is 14.4 Å². The number of aryl methyl sites for hydroxylation is 1. The van der Waals surface area contributed by atoms with E-state index in [1.54, 1.807) is 6.92 Å². The topological polar surface area (TPSA) is 65.6 Å². The number of aromatic nitrogens is 2. The highest BCUT2D eigenvalue weighted by Crippen LogP contribution is 2.17. The van der Waals surface area contributed by atoms with Crippen molar-refractivity contribution in [1.29, 1.82) is 0 Å². The minimum atomic E-state index is -0.441. The Labute approximate surface area is 124 Å². The third kappa shape index (κ3) is 3.40. The molecule has 1 saturated heterocycles. The van der Waals surface area contributed by atoms with Crippen LogP contribution in [-0.4, -0.2) is 52.9 Å². The molecule has 2 aromatic rings. The van der Waals surface area contributed by atoms with Gasteiger partial charge in [0.2, 0.25) is 5.89 Å². The van der Waals surface area contributed by atoms with Crippen LogP contribution < -0.4 is 4.90 Å². The first kappa shape index (κ1) is 14.0. The summed E-state index contributed by atoms with van der Waals surface area (Å²) in [4.78, 5) is 4.35. The summed E-state index contributed by atoms with van der Waals surface area (Å²) in [6, 6.07) is 10.4. The molecule has 1 aromatic heterocycles. The lowest BCUT2D eigenvalue weighted by atomic mass is 10.1. The van der Waals surface area contributed by atoms with Crippen molar-refractivity contribution in [3.05, 3.63) is 41.8 Å². The summed E-state index contributed by atoms with van der Waals surface area (Å²) in [5, 5.41) is 18.2. The van der Waals surface area contributed by atoms with E-state index in [1.807, 2.05) is 30.3 Å². The Morgan fingerprint density at radius 1 is 1.14 bits per heavy atom. The molecular weight excluding hydrogens is 268 g/mol. The van der Waals surface area contributed by atoms with Crippen LogP contribution in [-0.2, 0) is 0 Å². The predicted molar refractivity (Wildman–Crippen MR) is 79.1 cm³/mol. The summed E-state index contributed by atoms with van der Waals surface area (Å²) < 4.78 is 5.44. The van der Waals surface area contributed by atoms with Gasteiger partial charge in [0, 0.05) is 39.6 Å². The lowest BCUT2D eigenvalue weighted by Crippen LogP contribution is -2.47. The second-order valence-corrected chi connectivity index (χ2v) is 5.32. The minimum Gasteiger partial charge on any atom is -0.408 e. The van der Waals surface area contributed by atoms with Crippen LogP contribution >= 0.6 is 0 Å². The van der Waals surface area contributed by atoms with Crippen molar-refractivity contribution in [2.45, 2.75) is 13.0 Å². The molecule has 2 heterocycles. The zero-order chi connectivity index (χ0) is 14.7. The molecule has 3 rings (SSSR count). The maximum absolute atomic E-state index is 10.3. The summed E-state index contributed by atoms with van der Waals surface area (Å²) in [5.74, 6) is 0.590. The van der Waals surface area contributed by atoms with Crippen molar-refractivity contribution in [2.24, 2.45) is 0 Å². The molecule has 0 amide bonds. The lowest BCUT2D eigenvalue weighted by molar-refractivity contribution is 0.109. The fraction of sp³-hybridized carbons (Fsp3) is 0.467. The normalized spacial score (nSPS) is 17.9. The van der Waals surface area contributed by atoms with E-state index in [0.29, 0.717) is 18.5 Å². The number of aliphatic hydroxyl groups is 1. The molecule has 6 nitrogen and oxygen atoms in total. The smallest absolute Gasteiger partial charge is 0.318 e. The van der Waals surface area contributed by atoms with Gasteiger partial charge in [-0.15, -0.1) is 5.10 Å². The van der Waals surface area contributed by atoms with Crippen molar-refractivity contribution < 1.29 is 9.52 Å². The molecule has 1 aliphatic heterocycles. The summed E-state index contributed by atoms with van der Waals surface area (Å²) in [5.41, 5.74) is 0.965. The Morgan fingerprint density at radius 2 is 1.86 bits per heavy atom. The number of aliphatic hydroxyl groups excluding tert-OH is 1. The van der Waals surface area contributed by atoms with Crippen LogP contribution in [0.25, 0.3) is 0 Å². The number of piperazine rings is 1. The maximum atomic E-state index is 10.3. The van der Waals surface area contributed by atoms with E-state index in [9.17, 15) is 5.11 Å². The van der Waals surface area contributed by atoms with E-state index in [0.717, 1.165) is 31.7 Å². The highest BCUT2D eigenvalue weighted by molar-refractivity contribution is 5.25. The average molecular weight is 288 g/mol. The molecule has 21 heavy (non-hydrogen) atoms. The van der Waals surface area contributed by atoms with Gasteiger partial charge in [-0.1, -0.05) is 35.4 Å². The van der Waals surface area contributed by atoms with E-state index < -0.39 is 6.10 Å². The van der Waals surface area contributed by atoms with E-state index in [4.69, 9.17) is 4.42 Å². The third-order valence-corrected chi connectivity index (χ3v) is 3.77. The highest BCUT2D eigenvalue weighted by atomic mass is 16.4. The highest BCUT2D eigenvalue weighted by Gasteiger charge is 2.22. The molecule has 6 heteroatoms. The average Bonchev–Trinajstić information content (AvgIpc) is 2.95. The van der Waals surface area contributed by atoms with Gasteiger partial charge in [0.15, 0.2) is 0 Å². The molecule has 0 bridgehead atoms. The number of anilines is 1. The van der Waals surface area contributed by atoms with Gasteiger partial charge in [-0.25, -0.2) is 0 Å². The largest absolute Gasteiger partial charge is 0.408 e. The maximum Gasteiger partial charge on any atom is 0.318 e. The van der Waals surface area contributed by atoms with Crippen molar-refractivity contribution in [3.8, 4) is 0 Å². The Balaban J connectivity index is 1.52. The molecule has 1 fully saturated rings. The van der Waals surface area contributed by atoms with E-state index in [-0.39, 0.29) is 0 Å². The number of hydrogen-bond donors (Lipinski definition) is 1.